The van der Waals surface area contributed by atoms with Crippen molar-refractivity contribution in [1.82, 2.24) is 4.98 Å². The lowest BCUT2D eigenvalue weighted by molar-refractivity contribution is 0.0696. The van der Waals surface area contributed by atoms with Crippen molar-refractivity contribution in [3.05, 3.63) is 74.9 Å². The van der Waals surface area contributed by atoms with Crippen LogP contribution in [0.25, 0.3) is 22.6 Å². The molecule has 0 spiro atoms. The second kappa shape index (κ2) is 7.72. The molecule has 3 aromatic rings. The van der Waals surface area contributed by atoms with Gasteiger partial charge in [0.1, 0.15) is 0 Å². The van der Waals surface area contributed by atoms with Crippen molar-refractivity contribution < 1.29 is 9.90 Å². The first-order valence-corrected chi connectivity index (χ1v) is 10.7. The molecule has 0 radical (unpaired) electrons. The normalized spacial score (nSPS) is 17.9. The largest absolute Gasteiger partial charge is 0.478 e. The summed E-state index contributed by atoms with van der Waals surface area (Å²) in [4.78, 5) is 17.2. The molecule has 154 valence electrons. The van der Waals surface area contributed by atoms with Crippen molar-refractivity contribution in [3.63, 3.8) is 0 Å². The highest BCUT2D eigenvalue weighted by molar-refractivity contribution is 6.42. The number of carboxylic acids is 1. The molecule has 0 saturated carbocycles. The van der Waals surface area contributed by atoms with Gasteiger partial charge in [-0.3, -0.25) is 0 Å². The second-order valence-corrected chi connectivity index (χ2v) is 9.76. The fraction of sp³-hybridized carbons (Fsp3) is 0.280. The standard InChI is InChI=1S/C25H23Cl2NO2/c1-25(2,3)16-12-15(10-14-8-9-19(26)20(27)11-14)23-18(13-16)22(24(29)30)17-6-4-5-7-21(17)28-23/h4-11,16H,12-13H2,1-3H3,(H,29,30)/b15-10-. The van der Waals surface area contributed by atoms with Crippen LogP contribution < -0.4 is 0 Å². The van der Waals surface area contributed by atoms with Gasteiger partial charge < -0.3 is 5.11 Å². The molecule has 1 atom stereocenters. The van der Waals surface area contributed by atoms with Crippen LogP contribution in [-0.2, 0) is 6.42 Å². The van der Waals surface area contributed by atoms with Crippen LogP contribution in [0.15, 0.2) is 42.5 Å². The average Bonchev–Trinajstić information content (AvgIpc) is 2.68. The Labute approximate surface area is 186 Å². The van der Waals surface area contributed by atoms with E-state index < -0.39 is 5.97 Å². The molecule has 1 unspecified atom stereocenters. The molecule has 1 heterocycles. The quantitative estimate of drug-likeness (QED) is 0.452. The van der Waals surface area contributed by atoms with E-state index in [1.165, 1.54) is 0 Å². The van der Waals surface area contributed by atoms with Crippen LogP contribution in [0.5, 0.6) is 0 Å². The van der Waals surface area contributed by atoms with Crippen LogP contribution >= 0.6 is 23.2 Å². The van der Waals surface area contributed by atoms with Gasteiger partial charge in [-0.25, -0.2) is 9.78 Å². The number of fused-ring (bicyclic) bond motifs is 2. The maximum absolute atomic E-state index is 12.3. The summed E-state index contributed by atoms with van der Waals surface area (Å²) < 4.78 is 0. The van der Waals surface area contributed by atoms with Gasteiger partial charge in [0.2, 0.25) is 0 Å². The lowest BCUT2D eigenvalue weighted by atomic mass is 9.69. The Morgan fingerprint density at radius 2 is 1.83 bits per heavy atom. The smallest absolute Gasteiger partial charge is 0.336 e. The third-order valence-electron chi connectivity index (χ3n) is 5.94. The number of pyridine rings is 1. The lowest BCUT2D eigenvalue weighted by Gasteiger charge is -2.36. The monoisotopic (exact) mass is 439 g/mol. The molecular formula is C25H23Cl2NO2. The molecule has 0 fully saturated rings. The van der Waals surface area contributed by atoms with Crippen LogP contribution in [0.3, 0.4) is 0 Å². The number of hydrogen-bond acceptors (Lipinski definition) is 2. The van der Waals surface area contributed by atoms with Crippen LogP contribution in [0.4, 0.5) is 0 Å². The summed E-state index contributed by atoms with van der Waals surface area (Å²) in [7, 11) is 0. The number of allylic oxidation sites excluding steroid dienone is 1. The van der Waals surface area contributed by atoms with E-state index in [9.17, 15) is 9.90 Å². The predicted molar refractivity (Wildman–Crippen MR) is 124 cm³/mol. The van der Waals surface area contributed by atoms with E-state index >= 15 is 0 Å². The zero-order chi connectivity index (χ0) is 21.6. The van der Waals surface area contributed by atoms with Gasteiger partial charge in [0.25, 0.3) is 0 Å². The van der Waals surface area contributed by atoms with Crippen molar-refractivity contribution in [3.8, 4) is 0 Å². The van der Waals surface area contributed by atoms with Gasteiger partial charge in [0.15, 0.2) is 0 Å². The molecule has 0 amide bonds. The van der Waals surface area contributed by atoms with Gasteiger partial charge in [0, 0.05) is 5.39 Å². The lowest BCUT2D eigenvalue weighted by Crippen LogP contribution is -2.28. The molecule has 30 heavy (non-hydrogen) atoms. The van der Waals surface area contributed by atoms with Crippen LogP contribution in [0, 0.1) is 11.3 Å². The zero-order valence-corrected chi connectivity index (χ0v) is 18.7. The average molecular weight is 440 g/mol. The molecule has 5 heteroatoms. The third-order valence-corrected chi connectivity index (χ3v) is 6.68. The molecule has 1 N–H and O–H groups in total. The van der Waals surface area contributed by atoms with Crippen LogP contribution in [0.2, 0.25) is 10.0 Å². The molecule has 4 rings (SSSR count). The zero-order valence-electron chi connectivity index (χ0n) is 17.2. The second-order valence-electron chi connectivity index (χ2n) is 8.95. The maximum atomic E-state index is 12.3. The van der Waals surface area contributed by atoms with Crippen molar-refractivity contribution in [1.29, 1.82) is 0 Å². The maximum Gasteiger partial charge on any atom is 0.336 e. The van der Waals surface area contributed by atoms with Crippen molar-refractivity contribution in [2.24, 2.45) is 11.3 Å². The molecule has 3 nitrogen and oxygen atoms in total. The van der Waals surface area contributed by atoms with E-state index in [4.69, 9.17) is 28.2 Å². The fourth-order valence-electron chi connectivity index (χ4n) is 4.18. The number of rotatable bonds is 2. The summed E-state index contributed by atoms with van der Waals surface area (Å²) in [6, 6.07) is 13.0. The van der Waals surface area contributed by atoms with E-state index in [0.717, 1.165) is 28.8 Å². The summed E-state index contributed by atoms with van der Waals surface area (Å²) in [6.07, 6.45) is 3.57. The summed E-state index contributed by atoms with van der Waals surface area (Å²) in [5, 5.41) is 11.8. The SMILES string of the molecule is CC(C)(C)C1C/C(=C/c2ccc(Cl)c(Cl)c2)c2nc3ccccc3c(C(=O)O)c2C1. The number of benzene rings is 2. The molecule has 0 aliphatic heterocycles. The molecule has 1 aliphatic carbocycles. The van der Waals surface area contributed by atoms with E-state index in [1.807, 2.05) is 36.4 Å². The molecule has 0 saturated heterocycles. The van der Waals surface area contributed by atoms with E-state index in [2.05, 4.69) is 26.8 Å². The van der Waals surface area contributed by atoms with Gasteiger partial charge in [-0.05, 0) is 65.1 Å². The van der Waals surface area contributed by atoms with Gasteiger partial charge in [-0.1, -0.05) is 68.2 Å². The first-order chi connectivity index (χ1) is 14.1. The highest BCUT2D eigenvalue weighted by atomic mass is 35.5. The van der Waals surface area contributed by atoms with E-state index in [-0.39, 0.29) is 5.41 Å². The fourth-order valence-corrected chi connectivity index (χ4v) is 4.49. The van der Waals surface area contributed by atoms with Crippen LogP contribution in [-0.4, -0.2) is 16.1 Å². The highest BCUT2D eigenvalue weighted by Crippen LogP contribution is 2.44. The number of nitrogens with zero attached hydrogens (tertiary/aromatic N) is 1. The number of hydrogen-bond donors (Lipinski definition) is 1. The summed E-state index contributed by atoms with van der Waals surface area (Å²) in [6.45, 7) is 6.61. The first-order valence-electron chi connectivity index (χ1n) is 9.96. The summed E-state index contributed by atoms with van der Waals surface area (Å²) >= 11 is 12.3. The minimum absolute atomic E-state index is 0.0237. The Balaban J connectivity index is 1.99. The minimum Gasteiger partial charge on any atom is -0.478 e. The minimum atomic E-state index is -0.909. The van der Waals surface area contributed by atoms with Crippen molar-refractivity contribution >= 4 is 51.7 Å². The Morgan fingerprint density at radius 3 is 2.50 bits per heavy atom. The number of para-hydroxylation sites is 1. The molecular weight excluding hydrogens is 417 g/mol. The van der Waals surface area contributed by atoms with Crippen molar-refractivity contribution in [2.45, 2.75) is 33.6 Å². The Hall–Kier alpha value is -2.36. The van der Waals surface area contributed by atoms with Crippen LogP contribution in [0.1, 0.15) is 54.4 Å². The van der Waals surface area contributed by atoms with Gasteiger partial charge >= 0.3 is 5.97 Å². The molecule has 0 bridgehead atoms. The Morgan fingerprint density at radius 1 is 1.10 bits per heavy atom. The number of carbonyl (C=O) groups is 1. The molecule has 1 aliphatic rings. The number of aromatic carboxylic acids is 1. The van der Waals surface area contributed by atoms with Crippen molar-refractivity contribution in [2.75, 3.05) is 0 Å². The van der Waals surface area contributed by atoms with Gasteiger partial charge in [0.05, 0.1) is 26.8 Å². The van der Waals surface area contributed by atoms with E-state index in [0.29, 0.717) is 38.9 Å². The summed E-state index contributed by atoms with van der Waals surface area (Å²) in [5.41, 5.74) is 4.63. The highest BCUT2D eigenvalue weighted by Gasteiger charge is 2.35. The third kappa shape index (κ3) is 3.84. The predicted octanol–water partition coefficient (Wildman–Crippen LogP) is 7.39. The van der Waals surface area contributed by atoms with E-state index in [1.54, 1.807) is 6.07 Å². The number of carboxylic acid groups (broad SMARTS) is 1. The molecule has 1 aromatic heterocycles. The Kier molecular flexibility index (Phi) is 5.37. The summed E-state index contributed by atoms with van der Waals surface area (Å²) in [5.74, 6) is -0.617. The first kappa shape index (κ1) is 20.9. The van der Waals surface area contributed by atoms with Gasteiger partial charge in [-0.15, -0.1) is 0 Å². The van der Waals surface area contributed by atoms with Gasteiger partial charge in [-0.2, -0.15) is 0 Å². The molecule has 2 aromatic carbocycles. The number of aromatic nitrogens is 1. The number of halogens is 2. The topological polar surface area (TPSA) is 50.2 Å². The Bertz CT molecular complexity index is 1190.